The molecule has 2 heterocycles. The molecular weight excluding hydrogens is 293 g/mol. The quantitative estimate of drug-likeness (QED) is 0.926. The Kier molecular flexibility index (Phi) is 3.63. The maximum atomic E-state index is 13.5. The lowest BCUT2D eigenvalue weighted by molar-refractivity contribution is -0.134. The molecule has 4 rings (SSSR count). The van der Waals surface area contributed by atoms with Crippen molar-refractivity contribution in [1.82, 2.24) is 15.1 Å². The van der Waals surface area contributed by atoms with Gasteiger partial charge in [-0.05, 0) is 44.2 Å². The maximum Gasteiger partial charge on any atom is 0.226 e. The number of halogens is 1. The summed E-state index contributed by atoms with van der Waals surface area (Å²) in [4.78, 5) is 14.7. The number of nitrogens with one attached hydrogen (secondary N) is 1. The molecule has 1 aliphatic heterocycles. The van der Waals surface area contributed by atoms with Crippen LogP contribution in [0.15, 0.2) is 24.3 Å². The van der Waals surface area contributed by atoms with Crippen molar-refractivity contribution >= 4 is 5.91 Å². The number of aromatic amines is 1. The predicted octanol–water partition coefficient (Wildman–Crippen LogP) is 2.94. The molecule has 1 aliphatic carbocycles. The lowest BCUT2D eigenvalue weighted by Gasteiger charge is -2.26. The summed E-state index contributed by atoms with van der Waals surface area (Å²) in [5.41, 5.74) is 3.74. The van der Waals surface area contributed by atoms with E-state index in [0.29, 0.717) is 6.42 Å². The van der Waals surface area contributed by atoms with E-state index in [2.05, 4.69) is 10.2 Å². The minimum Gasteiger partial charge on any atom is -0.342 e. The first-order valence-electron chi connectivity index (χ1n) is 8.33. The van der Waals surface area contributed by atoms with Crippen LogP contribution in [0, 0.1) is 11.7 Å². The van der Waals surface area contributed by atoms with E-state index >= 15 is 0 Å². The van der Waals surface area contributed by atoms with Gasteiger partial charge in [0.2, 0.25) is 5.91 Å². The fraction of sp³-hybridized carbons (Fsp3) is 0.444. The number of aryl methyl sites for hydroxylation is 1. The first-order valence-corrected chi connectivity index (χ1v) is 8.33. The van der Waals surface area contributed by atoms with E-state index in [-0.39, 0.29) is 17.6 Å². The number of likely N-dealkylation sites (tertiary alicyclic amines) is 1. The molecule has 1 fully saturated rings. The predicted molar refractivity (Wildman–Crippen MR) is 85.3 cm³/mol. The number of carbonyl (C=O) groups excluding carboxylic acids is 1. The van der Waals surface area contributed by atoms with Crippen LogP contribution in [0.4, 0.5) is 4.39 Å². The van der Waals surface area contributed by atoms with Crippen molar-refractivity contribution in [2.75, 3.05) is 13.1 Å². The first-order chi connectivity index (χ1) is 11.2. The zero-order valence-corrected chi connectivity index (χ0v) is 13.0. The molecule has 0 radical (unpaired) electrons. The highest BCUT2D eigenvalue weighted by Crippen LogP contribution is 2.33. The molecule has 2 aromatic rings. The molecule has 0 bridgehead atoms. The molecule has 1 amide bonds. The van der Waals surface area contributed by atoms with Gasteiger partial charge in [-0.15, -0.1) is 0 Å². The van der Waals surface area contributed by atoms with Crippen molar-refractivity contribution in [2.45, 2.75) is 32.1 Å². The third-order valence-electron chi connectivity index (χ3n) is 5.01. The Hall–Kier alpha value is -2.17. The lowest BCUT2D eigenvalue weighted by Crippen LogP contribution is -2.36. The SMILES string of the molecule is O=C([C@H]1CCc2[nH]nc(-c3cccc(F)c3)c2C1)N1CCCC1. The smallest absolute Gasteiger partial charge is 0.226 e. The van der Waals surface area contributed by atoms with Gasteiger partial charge in [-0.25, -0.2) is 4.39 Å². The first kappa shape index (κ1) is 14.4. The molecule has 23 heavy (non-hydrogen) atoms. The van der Waals surface area contributed by atoms with Crippen LogP contribution in [0.5, 0.6) is 0 Å². The standard InChI is InChI=1S/C18H20FN3O/c19-14-5-3-4-12(10-14)17-15-11-13(6-7-16(15)20-21-17)18(23)22-8-1-2-9-22/h3-5,10,13H,1-2,6-9,11H2,(H,20,21)/t13-/m0/s1. The van der Waals surface area contributed by atoms with E-state index < -0.39 is 0 Å². The van der Waals surface area contributed by atoms with Crippen LogP contribution in [0.1, 0.15) is 30.5 Å². The van der Waals surface area contributed by atoms with Gasteiger partial charge in [-0.3, -0.25) is 9.89 Å². The third kappa shape index (κ3) is 2.64. The van der Waals surface area contributed by atoms with E-state index in [4.69, 9.17) is 0 Å². The minimum absolute atomic E-state index is 0.0329. The Morgan fingerprint density at radius 1 is 1.30 bits per heavy atom. The monoisotopic (exact) mass is 313 g/mol. The molecule has 1 N–H and O–H groups in total. The van der Waals surface area contributed by atoms with E-state index in [1.165, 1.54) is 12.1 Å². The maximum absolute atomic E-state index is 13.5. The highest BCUT2D eigenvalue weighted by molar-refractivity contribution is 5.80. The summed E-state index contributed by atoms with van der Waals surface area (Å²) in [5, 5.41) is 7.46. The minimum atomic E-state index is -0.264. The number of H-pyrrole nitrogens is 1. The molecule has 5 heteroatoms. The zero-order chi connectivity index (χ0) is 15.8. The van der Waals surface area contributed by atoms with Gasteiger partial charge in [0.1, 0.15) is 5.82 Å². The van der Waals surface area contributed by atoms with Crippen molar-refractivity contribution in [3.63, 3.8) is 0 Å². The molecule has 1 atom stereocenters. The number of nitrogens with zero attached hydrogens (tertiary/aromatic N) is 2. The zero-order valence-electron chi connectivity index (χ0n) is 13.0. The van der Waals surface area contributed by atoms with Crippen LogP contribution in [0.25, 0.3) is 11.3 Å². The van der Waals surface area contributed by atoms with Crippen LogP contribution in [-0.2, 0) is 17.6 Å². The van der Waals surface area contributed by atoms with Gasteiger partial charge in [-0.1, -0.05) is 12.1 Å². The Labute approximate surface area is 134 Å². The summed E-state index contributed by atoms with van der Waals surface area (Å²) in [7, 11) is 0. The van der Waals surface area contributed by atoms with Gasteiger partial charge < -0.3 is 4.90 Å². The molecule has 0 unspecified atom stereocenters. The molecule has 120 valence electrons. The average molecular weight is 313 g/mol. The summed E-state index contributed by atoms with van der Waals surface area (Å²) in [6.45, 7) is 1.79. The van der Waals surface area contributed by atoms with Crippen LogP contribution >= 0.6 is 0 Å². The number of rotatable bonds is 2. The van der Waals surface area contributed by atoms with E-state index in [9.17, 15) is 9.18 Å². The van der Waals surface area contributed by atoms with Crippen LogP contribution in [0.3, 0.4) is 0 Å². The molecular formula is C18H20FN3O. The summed E-state index contributed by atoms with van der Waals surface area (Å²) < 4.78 is 13.5. The normalized spacial score (nSPS) is 20.6. The van der Waals surface area contributed by atoms with Gasteiger partial charge >= 0.3 is 0 Å². The summed E-state index contributed by atoms with van der Waals surface area (Å²) in [5.74, 6) is 0.0461. The molecule has 4 nitrogen and oxygen atoms in total. The van der Waals surface area contributed by atoms with E-state index in [0.717, 1.165) is 61.3 Å². The Balaban J connectivity index is 1.61. The molecule has 0 spiro atoms. The van der Waals surface area contributed by atoms with Gasteiger partial charge in [0.25, 0.3) is 0 Å². The van der Waals surface area contributed by atoms with Crippen molar-refractivity contribution < 1.29 is 9.18 Å². The van der Waals surface area contributed by atoms with E-state index in [1.54, 1.807) is 6.07 Å². The molecule has 2 aliphatic rings. The molecule has 1 saturated heterocycles. The van der Waals surface area contributed by atoms with Crippen molar-refractivity contribution in [1.29, 1.82) is 0 Å². The number of amides is 1. The Bertz CT molecular complexity index is 734. The van der Waals surface area contributed by atoms with Gasteiger partial charge in [-0.2, -0.15) is 5.10 Å². The van der Waals surface area contributed by atoms with Gasteiger partial charge in [0.05, 0.1) is 5.69 Å². The number of hydrogen-bond acceptors (Lipinski definition) is 2. The topological polar surface area (TPSA) is 49.0 Å². The van der Waals surface area contributed by atoms with E-state index in [1.807, 2.05) is 11.0 Å². The van der Waals surface area contributed by atoms with Crippen LogP contribution in [-0.4, -0.2) is 34.1 Å². The summed E-state index contributed by atoms with van der Waals surface area (Å²) >= 11 is 0. The summed E-state index contributed by atoms with van der Waals surface area (Å²) in [6.07, 6.45) is 4.63. The molecule has 1 aromatic heterocycles. The Morgan fingerprint density at radius 2 is 2.13 bits per heavy atom. The fourth-order valence-electron chi connectivity index (χ4n) is 3.78. The second-order valence-corrected chi connectivity index (χ2v) is 6.51. The molecule has 1 aromatic carbocycles. The van der Waals surface area contributed by atoms with Gasteiger partial charge in [0, 0.05) is 35.8 Å². The van der Waals surface area contributed by atoms with Gasteiger partial charge in [0.15, 0.2) is 0 Å². The fourth-order valence-corrected chi connectivity index (χ4v) is 3.78. The second kappa shape index (κ2) is 5.80. The second-order valence-electron chi connectivity index (χ2n) is 6.51. The van der Waals surface area contributed by atoms with Crippen molar-refractivity contribution in [3.8, 4) is 11.3 Å². The highest BCUT2D eigenvalue weighted by Gasteiger charge is 2.32. The number of fused-ring (bicyclic) bond motifs is 1. The molecule has 0 saturated carbocycles. The number of aromatic nitrogens is 2. The Morgan fingerprint density at radius 3 is 2.91 bits per heavy atom. The van der Waals surface area contributed by atoms with Crippen molar-refractivity contribution in [2.24, 2.45) is 5.92 Å². The largest absolute Gasteiger partial charge is 0.342 e. The van der Waals surface area contributed by atoms with Crippen molar-refractivity contribution in [3.05, 3.63) is 41.3 Å². The third-order valence-corrected chi connectivity index (χ3v) is 5.01. The van der Waals surface area contributed by atoms with Crippen LogP contribution in [0.2, 0.25) is 0 Å². The number of benzene rings is 1. The average Bonchev–Trinajstić information content (AvgIpc) is 3.23. The summed E-state index contributed by atoms with van der Waals surface area (Å²) in [6, 6.07) is 6.50. The number of hydrogen-bond donors (Lipinski definition) is 1. The number of carbonyl (C=O) groups is 1. The lowest BCUT2D eigenvalue weighted by atomic mass is 9.84. The van der Waals surface area contributed by atoms with Crippen LogP contribution < -0.4 is 0 Å². The highest BCUT2D eigenvalue weighted by atomic mass is 19.1.